The molecule has 0 saturated carbocycles. The molecule has 1 saturated heterocycles. The van der Waals surface area contributed by atoms with E-state index in [4.69, 9.17) is 4.74 Å². The first-order chi connectivity index (χ1) is 12.5. The van der Waals surface area contributed by atoms with Gasteiger partial charge in [-0.05, 0) is 57.3 Å². The lowest BCUT2D eigenvalue weighted by Gasteiger charge is -2.19. The minimum absolute atomic E-state index is 0.219. The number of hydrogen-bond acceptors (Lipinski definition) is 3. The Morgan fingerprint density at radius 3 is 2.81 bits per heavy atom. The van der Waals surface area contributed by atoms with Crippen molar-refractivity contribution >= 4 is 5.96 Å². The molecule has 146 valence electrons. The summed E-state index contributed by atoms with van der Waals surface area (Å²) in [6.45, 7) is 13.8. The van der Waals surface area contributed by atoms with Crippen LogP contribution in [0.1, 0.15) is 44.7 Å². The SMILES string of the molecule is CCC(C)Oc1cc(C)ccc1CNC(=NC)NCC1CCN(CC)C1. The van der Waals surface area contributed by atoms with E-state index in [2.05, 4.69) is 66.4 Å². The highest BCUT2D eigenvalue weighted by atomic mass is 16.5. The van der Waals surface area contributed by atoms with Crippen LogP contribution in [-0.4, -0.2) is 50.2 Å². The summed E-state index contributed by atoms with van der Waals surface area (Å²) in [5.41, 5.74) is 2.38. The van der Waals surface area contributed by atoms with E-state index in [1.165, 1.54) is 25.1 Å². The van der Waals surface area contributed by atoms with Gasteiger partial charge >= 0.3 is 0 Å². The van der Waals surface area contributed by atoms with Gasteiger partial charge in [-0.15, -0.1) is 0 Å². The molecule has 1 fully saturated rings. The number of guanidine groups is 1. The Balaban J connectivity index is 1.88. The molecule has 5 heteroatoms. The second-order valence-electron chi connectivity index (χ2n) is 7.30. The molecule has 26 heavy (non-hydrogen) atoms. The fourth-order valence-corrected chi connectivity index (χ4v) is 3.22. The number of rotatable bonds is 8. The lowest BCUT2D eigenvalue weighted by molar-refractivity contribution is 0.215. The maximum absolute atomic E-state index is 6.10. The van der Waals surface area contributed by atoms with Gasteiger partial charge in [0.1, 0.15) is 5.75 Å². The number of likely N-dealkylation sites (tertiary alicyclic amines) is 1. The number of nitrogens with one attached hydrogen (secondary N) is 2. The van der Waals surface area contributed by atoms with Crippen LogP contribution in [0.25, 0.3) is 0 Å². The van der Waals surface area contributed by atoms with Crippen LogP contribution in [0.4, 0.5) is 0 Å². The third-order valence-corrected chi connectivity index (χ3v) is 5.17. The first kappa shape index (κ1) is 20.6. The zero-order chi connectivity index (χ0) is 18.9. The van der Waals surface area contributed by atoms with E-state index < -0.39 is 0 Å². The second-order valence-corrected chi connectivity index (χ2v) is 7.30. The fraction of sp³-hybridized carbons (Fsp3) is 0.667. The Hall–Kier alpha value is -1.75. The van der Waals surface area contributed by atoms with Crippen molar-refractivity contribution < 1.29 is 4.74 Å². The molecule has 1 aliphatic rings. The van der Waals surface area contributed by atoms with Crippen molar-refractivity contribution in [3.8, 4) is 5.75 Å². The van der Waals surface area contributed by atoms with Crippen molar-refractivity contribution in [1.82, 2.24) is 15.5 Å². The predicted molar refractivity (Wildman–Crippen MR) is 110 cm³/mol. The van der Waals surface area contributed by atoms with E-state index in [1.807, 2.05) is 7.05 Å². The maximum Gasteiger partial charge on any atom is 0.191 e. The third kappa shape index (κ3) is 6.20. The molecule has 0 amide bonds. The summed E-state index contributed by atoms with van der Waals surface area (Å²) in [5, 5.41) is 6.91. The Kier molecular flexibility index (Phi) is 8.23. The van der Waals surface area contributed by atoms with E-state index >= 15 is 0 Å². The average molecular weight is 361 g/mol. The van der Waals surface area contributed by atoms with E-state index in [1.54, 1.807) is 0 Å². The number of aryl methyl sites for hydroxylation is 1. The summed E-state index contributed by atoms with van der Waals surface area (Å²) >= 11 is 0. The van der Waals surface area contributed by atoms with Gasteiger partial charge < -0.3 is 20.3 Å². The molecular formula is C21H36N4O. The molecule has 2 N–H and O–H groups in total. The van der Waals surface area contributed by atoms with Crippen molar-refractivity contribution in [2.24, 2.45) is 10.9 Å². The van der Waals surface area contributed by atoms with Crippen LogP contribution < -0.4 is 15.4 Å². The smallest absolute Gasteiger partial charge is 0.191 e. The lowest BCUT2D eigenvalue weighted by Crippen LogP contribution is -2.40. The topological polar surface area (TPSA) is 48.9 Å². The van der Waals surface area contributed by atoms with Crippen LogP contribution in [0, 0.1) is 12.8 Å². The number of nitrogens with zero attached hydrogens (tertiary/aromatic N) is 2. The highest BCUT2D eigenvalue weighted by Crippen LogP contribution is 2.22. The summed E-state index contributed by atoms with van der Waals surface area (Å²) in [7, 11) is 1.83. The molecule has 5 nitrogen and oxygen atoms in total. The maximum atomic E-state index is 6.10. The van der Waals surface area contributed by atoms with Crippen LogP contribution in [0.2, 0.25) is 0 Å². The van der Waals surface area contributed by atoms with Crippen LogP contribution in [0.3, 0.4) is 0 Å². The highest BCUT2D eigenvalue weighted by Gasteiger charge is 2.21. The molecule has 0 spiro atoms. The number of ether oxygens (including phenoxy) is 1. The number of hydrogen-bond donors (Lipinski definition) is 2. The summed E-state index contributed by atoms with van der Waals surface area (Å²) in [5.74, 6) is 2.53. The third-order valence-electron chi connectivity index (χ3n) is 5.17. The molecule has 0 aromatic heterocycles. The molecule has 2 atom stereocenters. The zero-order valence-electron chi connectivity index (χ0n) is 17.1. The largest absolute Gasteiger partial charge is 0.490 e. The highest BCUT2D eigenvalue weighted by molar-refractivity contribution is 5.79. The molecule has 1 aromatic rings. The van der Waals surface area contributed by atoms with Gasteiger partial charge in [-0.3, -0.25) is 4.99 Å². The van der Waals surface area contributed by atoms with Crippen molar-refractivity contribution in [1.29, 1.82) is 0 Å². The summed E-state index contributed by atoms with van der Waals surface area (Å²) < 4.78 is 6.10. The van der Waals surface area contributed by atoms with E-state index in [-0.39, 0.29) is 6.10 Å². The zero-order valence-corrected chi connectivity index (χ0v) is 17.1. The van der Waals surface area contributed by atoms with Gasteiger partial charge in [-0.2, -0.15) is 0 Å². The Bertz CT molecular complexity index is 587. The molecule has 0 bridgehead atoms. The number of aliphatic imine (C=N–C) groups is 1. The Morgan fingerprint density at radius 2 is 2.15 bits per heavy atom. The minimum Gasteiger partial charge on any atom is -0.490 e. The van der Waals surface area contributed by atoms with Crippen LogP contribution in [0.15, 0.2) is 23.2 Å². The molecular weight excluding hydrogens is 324 g/mol. The van der Waals surface area contributed by atoms with Gasteiger partial charge in [0.2, 0.25) is 0 Å². The quantitative estimate of drug-likeness (QED) is 0.552. The number of benzene rings is 1. The monoisotopic (exact) mass is 360 g/mol. The van der Waals surface area contributed by atoms with Crippen molar-refractivity contribution in [2.75, 3.05) is 33.2 Å². The molecule has 2 unspecified atom stereocenters. The standard InChI is InChI=1S/C21H36N4O/c1-6-17(4)26-20-12-16(3)8-9-19(20)14-24-21(22-5)23-13-18-10-11-25(7-2)15-18/h8-9,12,17-18H,6-7,10-11,13-15H2,1-5H3,(H2,22,23,24). The van der Waals surface area contributed by atoms with Gasteiger partial charge in [-0.25, -0.2) is 0 Å². The summed E-state index contributed by atoms with van der Waals surface area (Å²) in [4.78, 5) is 6.87. The summed E-state index contributed by atoms with van der Waals surface area (Å²) in [6.07, 6.45) is 2.49. The van der Waals surface area contributed by atoms with Gasteiger partial charge in [0.05, 0.1) is 6.10 Å². The fourth-order valence-electron chi connectivity index (χ4n) is 3.22. The molecule has 1 aromatic carbocycles. The van der Waals surface area contributed by atoms with E-state index in [0.717, 1.165) is 36.8 Å². The first-order valence-corrected chi connectivity index (χ1v) is 9.98. The van der Waals surface area contributed by atoms with Gasteiger partial charge in [0.15, 0.2) is 5.96 Å². The Morgan fingerprint density at radius 1 is 1.35 bits per heavy atom. The van der Waals surface area contributed by atoms with Gasteiger partial charge in [0.25, 0.3) is 0 Å². The normalized spacial score (nSPS) is 19.4. The van der Waals surface area contributed by atoms with Crippen LogP contribution in [0.5, 0.6) is 5.75 Å². The van der Waals surface area contributed by atoms with E-state index in [0.29, 0.717) is 12.5 Å². The second kappa shape index (κ2) is 10.4. The van der Waals surface area contributed by atoms with Gasteiger partial charge in [-0.1, -0.05) is 26.0 Å². The molecule has 1 aliphatic heterocycles. The molecule has 2 rings (SSSR count). The molecule has 1 heterocycles. The lowest BCUT2D eigenvalue weighted by atomic mass is 10.1. The first-order valence-electron chi connectivity index (χ1n) is 9.98. The minimum atomic E-state index is 0.219. The van der Waals surface area contributed by atoms with Gasteiger partial charge in [0, 0.05) is 32.2 Å². The van der Waals surface area contributed by atoms with Crippen LogP contribution in [-0.2, 0) is 6.54 Å². The predicted octanol–water partition coefficient (Wildman–Crippen LogP) is 3.18. The average Bonchev–Trinajstić information content (AvgIpc) is 3.11. The summed E-state index contributed by atoms with van der Waals surface area (Å²) in [6, 6.07) is 6.40. The van der Waals surface area contributed by atoms with Crippen LogP contribution >= 0.6 is 0 Å². The van der Waals surface area contributed by atoms with Crippen molar-refractivity contribution in [2.45, 2.75) is 53.2 Å². The molecule has 0 aliphatic carbocycles. The molecule has 0 radical (unpaired) electrons. The van der Waals surface area contributed by atoms with Crippen molar-refractivity contribution in [3.63, 3.8) is 0 Å². The Labute approximate surface area is 159 Å². The van der Waals surface area contributed by atoms with E-state index in [9.17, 15) is 0 Å². The van der Waals surface area contributed by atoms with Crippen molar-refractivity contribution in [3.05, 3.63) is 29.3 Å².